The van der Waals surface area contributed by atoms with Gasteiger partial charge in [0.25, 0.3) is 0 Å². The summed E-state index contributed by atoms with van der Waals surface area (Å²) in [7, 11) is 1.56. The fraction of sp³-hybridized carbons (Fsp3) is 0.320. The van der Waals surface area contributed by atoms with Crippen LogP contribution in [0, 0.1) is 17.5 Å². The van der Waals surface area contributed by atoms with Crippen molar-refractivity contribution in [3.05, 3.63) is 71.8 Å². The van der Waals surface area contributed by atoms with Gasteiger partial charge in [-0.1, -0.05) is 10.4 Å². The van der Waals surface area contributed by atoms with Gasteiger partial charge in [-0.3, -0.25) is 0 Å². The molecule has 0 aliphatic carbocycles. The minimum atomic E-state index is -1.62. The monoisotopic (exact) mass is 532 g/mol. The number of aliphatic hydroxyl groups is 3. The quantitative estimate of drug-likeness (QED) is 0.306. The minimum Gasteiger partial charge on any atom is -0.497 e. The number of aromatic nitrogens is 4. The van der Waals surface area contributed by atoms with Crippen molar-refractivity contribution in [1.82, 2.24) is 20.2 Å². The van der Waals surface area contributed by atoms with Gasteiger partial charge < -0.3 is 29.3 Å². The summed E-state index contributed by atoms with van der Waals surface area (Å²) in [6.45, 7) is -0.563. The van der Waals surface area contributed by atoms with Crippen LogP contribution >= 0.6 is 0 Å². The Kier molecular flexibility index (Phi) is 7.17. The molecule has 5 atom stereocenters. The Balaban J connectivity index is 1.38. The molecule has 3 N–H and O–H groups in total. The molecule has 200 valence electrons. The van der Waals surface area contributed by atoms with Gasteiger partial charge in [-0.15, -0.1) is 5.10 Å². The van der Waals surface area contributed by atoms with E-state index < -0.39 is 54.5 Å². The SMILES string of the molecule is COc1ccc(-c2cc(C[C@H]3O[C@H](CO)[C@H](O)[C@H](n4cc(-c5cc(F)c(F)c(F)c5)nn4)[C@H]3O)no2)cc1. The summed E-state index contributed by atoms with van der Waals surface area (Å²) in [6.07, 6.45) is -3.48. The Bertz CT molecular complexity index is 1390. The lowest BCUT2D eigenvalue weighted by atomic mass is 9.90. The zero-order valence-corrected chi connectivity index (χ0v) is 19.9. The molecule has 0 radical (unpaired) electrons. The maximum atomic E-state index is 13.7. The highest BCUT2D eigenvalue weighted by Gasteiger charge is 2.46. The van der Waals surface area contributed by atoms with Crippen molar-refractivity contribution in [3.8, 4) is 28.3 Å². The molecule has 13 heteroatoms. The molecule has 3 heterocycles. The number of rotatable bonds is 7. The van der Waals surface area contributed by atoms with Gasteiger partial charge in [0.15, 0.2) is 23.2 Å². The highest BCUT2D eigenvalue weighted by Crippen LogP contribution is 2.33. The number of methoxy groups -OCH3 is 1. The number of benzene rings is 2. The molecule has 1 fully saturated rings. The molecule has 5 rings (SSSR count). The lowest BCUT2D eigenvalue weighted by Crippen LogP contribution is -2.56. The summed E-state index contributed by atoms with van der Waals surface area (Å²) in [5.74, 6) is -3.26. The summed E-state index contributed by atoms with van der Waals surface area (Å²) >= 11 is 0. The Morgan fingerprint density at radius 3 is 2.32 bits per heavy atom. The van der Waals surface area contributed by atoms with Gasteiger partial charge in [-0.25, -0.2) is 17.9 Å². The first-order valence-electron chi connectivity index (χ1n) is 11.6. The fourth-order valence-electron chi connectivity index (χ4n) is 4.42. The number of ether oxygens (including phenoxy) is 2. The van der Waals surface area contributed by atoms with Gasteiger partial charge >= 0.3 is 0 Å². The topological polar surface area (TPSA) is 136 Å². The zero-order valence-electron chi connectivity index (χ0n) is 19.9. The lowest BCUT2D eigenvalue weighted by molar-refractivity contribution is -0.205. The fourth-order valence-corrected chi connectivity index (χ4v) is 4.42. The van der Waals surface area contributed by atoms with Crippen molar-refractivity contribution in [3.63, 3.8) is 0 Å². The molecular formula is C25H23F3N4O6. The molecule has 0 unspecified atom stereocenters. The molecule has 0 bridgehead atoms. The molecule has 2 aromatic carbocycles. The molecule has 2 aromatic heterocycles. The minimum absolute atomic E-state index is 0.0218. The number of hydrogen-bond donors (Lipinski definition) is 3. The lowest BCUT2D eigenvalue weighted by Gasteiger charge is -2.42. The van der Waals surface area contributed by atoms with Crippen molar-refractivity contribution in [2.45, 2.75) is 36.9 Å². The van der Waals surface area contributed by atoms with Gasteiger partial charge in [-0.05, 0) is 36.4 Å². The molecule has 1 aliphatic heterocycles. The molecule has 4 aromatic rings. The van der Waals surface area contributed by atoms with Crippen LogP contribution in [0.2, 0.25) is 0 Å². The Morgan fingerprint density at radius 1 is 0.974 bits per heavy atom. The van der Waals surface area contributed by atoms with Gasteiger partial charge in [0.2, 0.25) is 0 Å². The van der Waals surface area contributed by atoms with Crippen molar-refractivity contribution in [1.29, 1.82) is 0 Å². The molecular weight excluding hydrogens is 509 g/mol. The maximum Gasteiger partial charge on any atom is 0.194 e. The van der Waals surface area contributed by atoms with E-state index in [9.17, 15) is 28.5 Å². The van der Waals surface area contributed by atoms with E-state index in [4.69, 9.17) is 14.0 Å². The van der Waals surface area contributed by atoms with E-state index in [1.807, 2.05) is 0 Å². The van der Waals surface area contributed by atoms with Crippen LogP contribution in [-0.2, 0) is 11.2 Å². The highest BCUT2D eigenvalue weighted by atomic mass is 19.2. The van der Waals surface area contributed by atoms with E-state index in [1.165, 1.54) is 6.20 Å². The normalized spacial score (nSPS) is 23.5. The predicted molar refractivity (Wildman–Crippen MR) is 124 cm³/mol. The summed E-state index contributed by atoms with van der Waals surface area (Å²) in [6, 6.07) is 9.18. The van der Waals surface area contributed by atoms with E-state index in [1.54, 1.807) is 37.4 Å². The van der Waals surface area contributed by atoms with Crippen LogP contribution in [0.25, 0.3) is 22.6 Å². The first-order valence-corrected chi connectivity index (χ1v) is 11.6. The molecule has 0 spiro atoms. The van der Waals surface area contributed by atoms with E-state index in [0.717, 1.165) is 22.4 Å². The van der Waals surface area contributed by atoms with Crippen LogP contribution in [0.15, 0.2) is 53.2 Å². The third-order valence-electron chi connectivity index (χ3n) is 6.43. The molecule has 38 heavy (non-hydrogen) atoms. The van der Waals surface area contributed by atoms with Gasteiger partial charge in [0.1, 0.15) is 35.8 Å². The average molecular weight is 532 g/mol. The van der Waals surface area contributed by atoms with Crippen LogP contribution in [-0.4, -0.2) is 73.6 Å². The van der Waals surface area contributed by atoms with E-state index in [-0.39, 0.29) is 17.7 Å². The van der Waals surface area contributed by atoms with Crippen LogP contribution < -0.4 is 4.74 Å². The van der Waals surface area contributed by atoms with E-state index >= 15 is 0 Å². The number of aliphatic hydroxyl groups excluding tert-OH is 3. The van der Waals surface area contributed by atoms with Crippen LogP contribution in [0.4, 0.5) is 13.2 Å². The average Bonchev–Trinajstić information content (AvgIpc) is 3.59. The first kappa shape index (κ1) is 25.9. The molecule has 0 amide bonds. The van der Waals surface area contributed by atoms with Crippen molar-refractivity contribution >= 4 is 0 Å². The van der Waals surface area contributed by atoms with Crippen molar-refractivity contribution in [2.24, 2.45) is 0 Å². The Hall–Kier alpha value is -3.78. The van der Waals surface area contributed by atoms with Gasteiger partial charge in [0, 0.05) is 23.6 Å². The number of halogens is 3. The van der Waals surface area contributed by atoms with E-state index in [2.05, 4.69) is 15.5 Å². The second kappa shape index (κ2) is 10.5. The molecule has 0 saturated carbocycles. The van der Waals surface area contributed by atoms with Gasteiger partial charge in [0.05, 0.1) is 31.7 Å². The van der Waals surface area contributed by atoms with Gasteiger partial charge in [-0.2, -0.15) is 0 Å². The third-order valence-corrected chi connectivity index (χ3v) is 6.43. The molecule has 1 saturated heterocycles. The van der Waals surface area contributed by atoms with Crippen LogP contribution in [0.5, 0.6) is 5.75 Å². The summed E-state index contributed by atoms with van der Waals surface area (Å²) < 4.78 is 58.2. The zero-order chi connectivity index (χ0) is 27.0. The third kappa shape index (κ3) is 4.88. The summed E-state index contributed by atoms with van der Waals surface area (Å²) in [4.78, 5) is 0. The standard InChI is InChI=1S/C25H23F3N4O6/c1-36-15-4-2-12(3-5-15)19-8-14(30-38-19)9-20-24(34)23(25(35)21(11-33)37-20)32-10-18(29-31-32)13-6-16(26)22(28)17(27)7-13/h2-8,10,20-21,23-25,33-35H,9,11H2,1H3/t20-,21-,23-,24+,25+/m1/s1. The molecule has 1 aliphatic rings. The Labute approximate surface area is 213 Å². The van der Waals surface area contributed by atoms with Crippen LogP contribution in [0.3, 0.4) is 0 Å². The van der Waals surface area contributed by atoms with E-state index in [0.29, 0.717) is 17.2 Å². The maximum absolute atomic E-state index is 13.7. The second-order valence-electron chi connectivity index (χ2n) is 8.82. The predicted octanol–water partition coefficient (Wildman–Crippen LogP) is 2.29. The van der Waals surface area contributed by atoms with Crippen molar-refractivity contribution in [2.75, 3.05) is 13.7 Å². The first-order chi connectivity index (χ1) is 18.3. The summed E-state index contributed by atoms with van der Waals surface area (Å²) in [5, 5.41) is 43.5. The summed E-state index contributed by atoms with van der Waals surface area (Å²) in [5.41, 5.74) is 1.09. The Morgan fingerprint density at radius 2 is 1.66 bits per heavy atom. The highest BCUT2D eigenvalue weighted by molar-refractivity contribution is 5.59. The largest absolute Gasteiger partial charge is 0.497 e. The van der Waals surface area contributed by atoms with Crippen LogP contribution in [0.1, 0.15) is 11.7 Å². The number of hydrogen-bond acceptors (Lipinski definition) is 9. The smallest absolute Gasteiger partial charge is 0.194 e. The molecule has 10 nitrogen and oxygen atoms in total. The number of nitrogens with zero attached hydrogens (tertiary/aromatic N) is 4. The second-order valence-corrected chi connectivity index (χ2v) is 8.82. The van der Waals surface area contributed by atoms with Crippen molar-refractivity contribution < 1.29 is 42.5 Å².